The molecule has 2 atom stereocenters. The number of amides is 1. The van der Waals surface area contributed by atoms with E-state index in [0.29, 0.717) is 52.9 Å². The summed E-state index contributed by atoms with van der Waals surface area (Å²) in [6.07, 6.45) is -1.33. The minimum absolute atomic E-state index is 0.00256. The quantitative estimate of drug-likeness (QED) is 0.0506. The van der Waals surface area contributed by atoms with Crippen LogP contribution in [0.15, 0.2) is 46.9 Å². The molecular weight excluding hydrogens is 754 g/mol. The lowest BCUT2D eigenvalue weighted by atomic mass is 10.1. The molecule has 0 bridgehead atoms. The van der Waals surface area contributed by atoms with Gasteiger partial charge in [0.1, 0.15) is 5.75 Å². The van der Waals surface area contributed by atoms with Crippen LogP contribution in [0, 0.1) is 11.6 Å². The van der Waals surface area contributed by atoms with E-state index in [1.807, 2.05) is 0 Å². The van der Waals surface area contributed by atoms with Crippen LogP contribution in [0.25, 0.3) is 6.08 Å². The molecule has 2 aromatic rings. The van der Waals surface area contributed by atoms with Crippen molar-refractivity contribution in [2.45, 2.75) is 37.9 Å². The lowest BCUT2D eigenvalue weighted by Crippen LogP contribution is -2.42. The number of carbonyl (C=O) groups excluding carboxylic acids is 2. The Bertz CT molecular complexity index is 1540. The Morgan fingerprint density at radius 2 is 1.22 bits per heavy atom. The summed E-state index contributed by atoms with van der Waals surface area (Å²) in [5.41, 5.74) is 0.260. The molecule has 0 aliphatic carbocycles. The van der Waals surface area contributed by atoms with Crippen LogP contribution in [0.4, 0.5) is 8.78 Å². The van der Waals surface area contributed by atoms with Gasteiger partial charge in [0.05, 0.1) is 96.9 Å². The maximum absolute atomic E-state index is 14.7. The van der Waals surface area contributed by atoms with Gasteiger partial charge >= 0.3 is 5.97 Å². The van der Waals surface area contributed by atoms with E-state index in [9.17, 15) is 31.9 Å². The van der Waals surface area contributed by atoms with Crippen molar-refractivity contribution < 1.29 is 74.9 Å². The maximum Gasteiger partial charge on any atom is 0.333 e. The smallest absolute Gasteiger partial charge is 0.333 e. The molecule has 0 saturated carbocycles. The number of hydrogen-bond donors (Lipinski definition) is 4. The van der Waals surface area contributed by atoms with Gasteiger partial charge in [-0.2, -0.15) is 0 Å². The maximum atomic E-state index is 14.7. The summed E-state index contributed by atoms with van der Waals surface area (Å²) >= 11 is 0. The van der Waals surface area contributed by atoms with Crippen molar-refractivity contribution in [2.75, 3.05) is 99.0 Å². The molecule has 2 rings (SSSR count). The average molecular weight is 807 g/mol. The zero-order valence-electron chi connectivity index (χ0n) is 31.3. The third-order valence-corrected chi connectivity index (χ3v) is 8.50. The number of nitrogens with one attached hydrogen (secondary N) is 2. The summed E-state index contributed by atoms with van der Waals surface area (Å²) in [5.74, 6) is -3.98. The van der Waals surface area contributed by atoms with Gasteiger partial charge in [-0.1, -0.05) is 0 Å². The molecule has 310 valence electrons. The number of hydrogen-bond acceptors (Lipinski definition) is 14. The van der Waals surface area contributed by atoms with Crippen molar-refractivity contribution in [3.63, 3.8) is 0 Å². The third-order valence-electron chi connectivity index (χ3n) is 7.02. The van der Waals surface area contributed by atoms with Crippen LogP contribution in [-0.2, 0) is 52.8 Å². The average Bonchev–Trinajstić information content (AvgIpc) is 3.14. The number of aliphatic hydroxyl groups is 2. The Morgan fingerprint density at radius 3 is 1.67 bits per heavy atom. The molecule has 0 aliphatic rings. The second kappa shape index (κ2) is 27.0. The van der Waals surface area contributed by atoms with Crippen molar-refractivity contribution in [1.29, 1.82) is 0 Å². The molecule has 0 spiro atoms. The Kier molecular flexibility index (Phi) is 23.4. The third kappa shape index (κ3) is 19.7. The van der Waals surface area contributed by atoms with Crippen LogP contribution in [0.1, 0.15) is 26.3 Å². The van der Waals surface area contributed by atoms with Gasteiger partial charge in [0.15, 0.2) is 23.5 Å². The second-order valence-corrected chi connectivity index (χ2v) is 13.3. The molecule has 55 heavy (non-hydrogen) atoms. The molecule has 16 nitrogen and oxygen atoms in total. The molecule has 1 amide bonds. The van der Waals surface area contributed by atoms with Crippen LogP contribution < -0.4 is 14.8 Å². The second-order valence-electron chi connectivity index (χ2n) is 11.5. The Morgan fingerprint density at radius 1 is 0.764 bits per heavy atom. The van der Waals surface area contributed by atoms with E-state index in [2.05, 4.69) is 10.0 Å². The minimum Gasteiger partial charge on any atom is -0.463 e. The first-order valence-corrected chi connectivity index (χ1v) is 19.1. The van der Waals surface area contributed by atoms with Crippen LogP contribution in [0.2, 0.25) is 0 Å². The number of esters is 1. The normalized spacial score (nSPS) is 13.0. The highest BCUT2D eigenvalue weighted by Gasteiger charge is 2.20. The first-order chi connectivity index (χ1) is 26.4. The predicted molar refractivity (Wildman–Crippen MR) is 194 cm³/mol. The lowest BCUT2D eigenvalue weighted by Gasteiger charge is -2.13. The molecule has 0 saturated heterocycles. The zero-order valence-corrected chi connectivity index (χ0v) is 32.1. The molecule has 0 aromatic heterocycles. The summed E-state index contributed by atoms with van der Waals surface area (Å²) in [5, 5.41) is 21.0. The number of ether oxygens (including phenoxy) is 8. The molecule has 4 N–H and O–H groups in total. The summed E-state index contributed by atoms with van der Waals surface area (Å²) in [6.45, 7) is 8.50. The summed E-state index contributed by atoms with van der Waals surface area (Å²) in [7, 11) is -3.90. The van der Waals surface area contributed by atoms with Crippen molar-refractivity contribution in [3.05, 3.63) is 59.2 Å². The number of carbonyl (C=O) groups is 2. The Labute approximate surface area is 320 Å². The van der Waals surface area contributed by atoms with Crippen molar-refractivity contribution in [2.24, 2.45) is 0 Å². The number of benzene rings is 2. The molecule has 0 fully saturated rings. The monoisotopic (exact) mass is 806 g/mol. The highest BCUT2D eigenvalue weighted by Crippen LogP contribution is 2.30. The van der Waals surface area contributed by atoms with Gasteiger partial charge in [0.25, 0.3) is 5.91 Å². The summed E-state index contributed by atoms with van der Waals surface area (Å²) < 4.78 is 99.5. The van der Waals surface area contributed by atoms with Crippen LogP contribution in [0.5, 0.6) is 11.5 Å². The summed E-state index contributed by atoms with van der Waals surface area (Å²) in [6, 6.07) is 6.99. The van der Waals surface area contributed by atoms with E-state index in [4.69, 9.17) is 43.0 Å². The highest BCUT2D eigenvalue weighted by atomic mass is 32.2. The highest BCUT2D eigenvalue weighted by molar-refractivity contribution is 7.89. The van der Waals surface area contributed by atoms with E-state index >= 15 is 0 Å². The van der Waals surface area contributed by atoms with Gasteiger partial charge in [-0.3, -0.25) is 4.79 Å². The van der Waals surface area contributed by atoms with Crippen LogP contribution in [0.3, 0.4) is 0 Å². The largest absolute Gasteiger partial charge is 0.463 e. The standard InChI is InChI=1S/C36H52F2N2O14S/c1-4-53-36(44)26(2)23-28-24-31(37)34(32(38)25-28)54-29-5-7-30(8-6-29)55(45,46)40-10-12-48-14-16-50-18-20-52-22-21-51-19-17-49-15-13-47-11-9-39-35(43)33(42)27(3)41/h5-8,23-25,27,33,40-42H,4,9-22H2,1-3H3,(H,39,43)/b26-23+/t27-,33+/m0/s1. The van der Waals surface area contributed by atoms with Crippen molar-refractivity contribution >= 4 is 28.0 Å². The van der Waals surface area contributed by atoms with Gasteiger partial charge in [-0.05, 0) is 68.8 Å². The summed E-state index contributed by atoms with van der Waals surface area (Å²) in [4.78, 5) is 23.1. The fourth-order valence-electron chi connectivity index (χ4n) is 4.22. The van der Waals surface area contributed by atoms with Gasteiger partial charge in [-0.15, -0.1) is 0 Å². The van der Waals surface area contributed by atoms with Crippen LogP contribution in [-0.4, -0.2) is 142 Å². The van der Waals surface area contributed by atoms with Gasteiger partial charge in [-0.25, -0.2) is 26.7 Å². The van der Waals surface area contributed by atoms with E-state index in [1.165, 1.54) is 44.2 Å². The van der Waals surface area contributed by atoms with Crippen LogP contribution >= 0.6 is 0 Å². The topological polar surface area (TPSA) is 207 Å². The first-order valence-electron chi connectivity index (χ1n) is 17.6. The molecule has 2 aromatic carbocycles. The van der Waals surface area contributed by atoms with E-state index in [0.717, 1.165) is 12.1 Å². The van der Waals surface area contributed by atoms with Crippen molar-refractivity contribution in [1.82, 2.24) is 10.0 Å². The Hall–Kier alpha value is -3.63. The Balaban J connectivity index is 1.48. The lowest BCUT2D eigenvalue weighted by molar-refractivity contribution is -0.138. The predicted octanol–water partition coefficient (Wildman–Crippen LogP) is 1.96. The fourth-order valence-corrected chi connectivity index (χ4v) is 5.24. The first kappa shape index (κ1) is 47.5. The SMILES string of the molecule is CCOC(=O)/C(C)=C/c1cc(F)c(Oc2ccc(S(=O)(=O)NCCOCCOCCOCCOCCOCCOCCNC(=O)[C@H](O)[C@H](C)O)cc2)c(F)c1. The molecule has 0 aliphatic heterocycles. The molecule has 0 heterocycles. The number of aliphatic hydroxyl groups excluding tert-OH is 2. The van der Waals surface area contributed by atoms with E-state index in [1.54, 1.807) is 6.92 Å². The number of sulfonamides is 1. The van der Waals surface area contributed by atoms with E-state index < -0.39 is 51.5 Å². The van der Waals surface area contributed by atoms with Crippen molar-refractivity contribution in [3.8, 4) is 11.5 Å². The van der Waals surface area contributed by atoms with E-state index in [-0.39, 0.29) is 67.9 Å². The van der Waals surface area contributed by atoms with Gasteiger partial charge < -0.3 is 53.4 Å². The fraction of sp³-hybridized carbons (Fsp3) is 0.556. The minimum atomic E-state index is -3.90. The molecule has 0 unspecified atom stereocenters. The van der Waals surface area contributed by atoms with Gasteiger partial charge in [0.2, 0.25) is 10.0 Å². The molecule has 0 radical (unpaired) electrons. The molecular formula is C36H52F2N2O14S. The number of halogens is 2. The number of rotatable bonds is 30. The zero-order chi connectivity index (χ0) is 40.5. The van der Waals surface area contributed by atoms with Gasteiger partial charge in [0, 0.05) is 18.7 Å². The molecule has 19 heteroatoms.